The smallest absolute Gasteiger partial charge is 0.126 e. The van der Waals surface area contributed by atoms with Crippen LogP contribution in [0.15, 0.2) is 36.7 Å². The van der Waals surface area contributed by atoms with E-state index in [1.807, 2.05) is 49.3 Å². The van der Waals surface area contributed by atoms with Crippen LogP contribution in [0.3, 0.4) is 0 Å². The molecule has 1 atom stereocenters. The quantitative estimate of drug-likeness (QED) is 0.786. The van der Waals surface area contributed by atoms with Gasteiger partial charge in [-0.05, 0) is 19.2 Å². The van der Waals surface area contributed by atoms with Crippen LogP contribution < -0.4 is 5.32 Å². The van der Waals surface area contributed by atoms with E-state index in [1.165, 1.54) is 0 Å². The molecule has 20 heavy (non-hydrogen) atoms. The second-order valence-electron chi connectivity index (χ2n) is 5.02. The molecule has 0 aliphatic rings. The Morgan fingerprint density at radius 2 is 2.05 bits per heavy atom. The van der Waals surface area contributed by atoms with Crippen LogP contribution >= 0.6 is 0 Å². The molecule has 0 bridgehead atoms. The largest absolute Gasteiger partial charge is 0.337 e. The summed E-state index contributed by atoms with van der Waals surface area (Å²) in [6.45, 7) is 0. The van der Waals surface area contributed by atoms with Crippen LogP contribution in [0.2, 0.25) is 0 Å². The molecule has 0 amide bonds. The zero-order valence-corrected chi connectivity index (χ0v) is 12.0. The fourth-order valence-corrected chi connectivity index (χ4v) is 2.60. The Hall–Kier alpha value is -2.14. The van der Waals surface area contributed by atoms with Gasteiger partial charge in [-0.3, -0.25) is 0 Å². The summed E-state index contributed by atoms with van der Waals surface area (Å²) >= 11 is 0. The summed E-state index contributed by atoms with van der Waals surface area (Å²) in [4.78, 5) is 9.16. The summed E-state index contributed by atoms with van der Waals surface area (Å²) in [5.41, 5.74) is 2.21. The standard InChI is InChI=1S/C15H19N5/c1-16-12(15-17-8-9-19(15)2)10-14-18-11-6-4-5-7-13(11)20(14)3/h4-9,12,16H,10H2,1-3H3. The van der Waals surface area contributed by atoms with Crippen LogP contribution in [0.5, 0.6) is 0 Å². The number of imidazole rings is 2. The van der Waals surface area contributed by atoms with E-state index in [9.17, 15) is 0 Å². The fourth-order valence-electron chi connectivity index (χ4n) is 2.60. The third-order valence-electron chi connectivity index (χ3n) is 3.79. The molecule has 0 aliphatic carbocycles. The van der Waals surface area contributed by atoms with E-state index in [2.05, 4.69) is 28.0 Å². The van der Waals surface area contributed by atoms with E-state index in [1.54, 1.807) is 0 Å². The summed E-state index contributed by atoms with van der Waals surface area (Å²) in [6.07, 6.45) is 4.61. The van der Waals surface area contributed by atoms with E-state index in [-0.39, 0.29) is 6.04 Å². The Balaban J connectivity index is 1.95. The number of likely N-dealkylation sites (N-methyl/N-ethyl adjacent to an activating group) is 1. The van der Waals surface area contributed by atoms with Crippen molar-refractivity contribution in [3.8, 4) is 0 Å². The van der Waals surface area contributed by atoms with Crippen LogP contribution in [0.25, 0.3) is 11.0 Å². The van der Waals surface area contributed by atoms with E-state index >= 15 is 0 Å². The molecule has 1 aromatic carbocycles. The van der Waals surface area contributed by atoms with Gasteiger partial charge in [0.15, 0.2) is 0 Å². The summed E-state index contributed by atoms with van der Waals surface area (Å²) in [5.74, 6) is 2.09. The number of hydrogen-bond donors (Lipinski definition) is 1. The van der Waals surface area contributed by atoms with Gasteiger partial charge in [0.05, 0.1) is 17.1 Å². The predicted octanol–water partition coefficient (Wildman–Crippen LogP) is 1.81. The van der Waals surface area contributed by atoms with Gasteiger partial charge in [0.2, 0.25) is 0 Å². The maximum atomic E-state index is 4.73. The van der Waals surface area contributed by atoms with Gasteiger partial charge >= 0.3 is 0 Å². The molecule has 0 fully saturated rings. The van der Waals surface area contributed by atoms with Crippen molar-refractivity contribution in [2.45, 2.75) is 12.5 Å². The first-order chi connectivity index (χ1) is 9.70. The van der Waals surface area contributed by atoms with Gasteiger partial charge in [-0.25, -0.2) is 9.97 Å². The Kier molecular flexibility index (Phi) is 3.28. The van der Waals surface area contributed by atoms with Crippen molar-refractivity contribution in [2.75, 3.05) is 7.05 Å². The number of benzene rings is 1. The lowest BCUT2D eigenvalue weighted by molar-refractivity contribution is 0.520. The first kappa shape index (κ1) is 12.9. The topological polar surface area (TPSA) is 47.7 Å². The van der Waals surface area contributed by atoms with Crippen LogP contribution in [0.4, 0.5) is 0 Å². The SMILES string of the molecule is CNC(Cc1nc2ccccc2n1C)c1nccn1C. The summed E-state index contributed by atoms with van der Waals surface area (Å²) < 4.78 is 4.20. The van der Waals surface area contributed by atoms with Crippen molar-refractivity contribution in [3.63, 3.8) is 0 Å². The maximum Gasteiger partial charge on any atom is 0.126 e. The molecule has 2 aromatic heterocycles. The lowest BCUT2D eigenvalue weighted by atomic mass is 10.2. The molecule has 0 spiro atoms. The molecule has 5 nitrogen and oxygen atoms in total. The van der Waals surface area contributed by atoms with E-state index in [4.69, 9.17) is 4.98 Å². The van der Waals surface area contributed by atoms with Crippen molar-refractivity contribution < 1.29 is 0 Å². The second kappa shape index (κ2) is 5.09. The first-order valence-corrected chi connectivity index (χ1v) is 6.75. The Morgan fingerprint density at radius 1 is 1.25 bits per heavy atom. The zero-order chi connectivity index (χ0) is 14.1. The van der Waals surface area contributed by atoms with E-state index < -0.39 is 0 Å². The van der Waals surface area contributed by atoms with Gasteiger partial charge in [-0.1, -0.05) is 12.1 Å². The van der Waals surface area contributed by atoms with Crippen LogP contribution in [0.1, 0.15) is 17.7 Å². The molecule has 1 unspecified atom stereocenters. The first-order valence-electron chi connectivity index (χ1n) is 6.75. The summed E-state index contributed by atoms with van der Waals surface area (Å²) in [6, 6.07) is 8.37. The van der Waals surface area contributed by atoms with Crippen molar-refractivity contribution in [3.05, 3.63) is 48.3 Å². The normalized spacial score (nSPS) is 12.9. The zero-order valence-electron chi connectivity index (χ0n) is 12.0. The minimum absolute atomic E-state index is 0.158. The third kappa shape index (κ3) is 2.10. The number of fused-ring (bicyclic) bond motifs is 1. The average Bonchev–Trinajstić information content (AvgIpc) is 3.01. The lowest BCUT2D eigenvalue weighted by Gasteiger charge is -2.15. The second-order valence-corrected chi connectivity index (χ2v) is 5.02. The van der Waals surface area contributed by atoms with Gasteiger partial charge < -0.3 is 14.5 Å². The molecular formula is C15H19N5. The number of rotatable bonds is 4. The molecule has 1 N–H and O–H groups in total. The number of para-hydroxylation sites is 2. The highest BCUT2D eigenvalue weighted by atomic mass is 15.1. The minimum Gasteiger partial charge on any atom is -0.337 e. The molecule has 0 saturated heterocycles. The highest BCUT2D eigenvalue weighted by molar-refractivity contribution is 5.75. The molecule has 0 radical (unpaired) electrons. The number of nitrogens with one attached hydrogen (secondary N) is 1. The van der Waals surface area contributed by atoms with Crippen LogP contribution in [-0.2, 0) is 20.5 Å². The molecular weight excluding hydrogens is 250 g/mol. The number of aryl methyl sites for hydroxylation is 2. The Bertz CT molecular complexity index is 725. The molecule has 104 valence electrons. The summed E-state index contributed by atoms with van der Waals surface area (Å²) in [5, 5.41) is 3.33. The lowest BCUT2D eigenvalue weighted by Crippen LogP contribution is -2.23. The van der Waals surface area contributed by atoms with Crippen molar-refractivity contribution >= 4 is 11.0 Å². The highest BCUT2D eigenvalue weighted by Crippen LogP contribution is 2.19. The van der Waals surface area contributed by atoms with Crippen LogP contribution in [0, 0.1) is 0 Å². The summed E-state index contributed by atoms with van der Waals surface area (Å²) in [7, 11) is 6.04. The van der Waals surface area contributed by atoms with Gasteiger partial charge in [-0.2, -0.15) is 0 Å². The number of aromatic nitrogens is 4. The Morgan fingerprint density at radius 3 is 2.70 bits per heavy atom. The molecule has 0 aliphatic heterocycles. The van der Waals surface area contributed by atoms with Gasteiger partial charge in [0.25, 0.3) is 0 Å². The molecule has 2 heterocycles. The van der Waals surface area contributed by atoms with Gasteiger partial charge in [0, 0.05) is 32.9 Å². The molecule has 3 aromatic rings. The predicted molar refractivity (Wildman–Crippen MR) is 79.4 cm³/mol. The van der Waals surface area contributed by atoms with Gasteiger partial charge in [0.1, 0.15) is 11.6 Å². The van der Waals surface area contributed by atoms with E-state index in [0.717, 1.165) is 29.1 Å². The maximum absolute atomic E-state index is 4.73. The highest BCUT2D eigenvalue weighted by Gasteiger charge is 2.18. The van der Waals surface area contributed by atoms with Crippen molar-refractivity contribution in [2.24, 2.45) is 14.1 Å². The number of hydrogen-bond acceptors (Lipinski definition) is 3. The molecule has 5 heteroatoms. The molecule has 3 rings (SSSR count). The Labute approximate surface area is 118 Å². The average molecular weight is 269 g/mol. The van der Waals surface area contributed by atoms with Crippen LogP contribution in [-0.4, -0.2) is 26.1 Å². The van der Waals surface area contributed by atoms with Crippen molar-refractivity contribution in [1.82, 2.24) is 24.4 Å². The van der Waals surface area contributed by atoms with Crippen molar-refractivity contribution in [1.29, 1.82) is 0 Å². The van der Waals surface area contributed by atoms with E-state index in [0.29, 0.717) is 0 Å². The monoisotopic (exact) mass is 269 g/mol. The fraction of sp³-hybridized carbons (Fsp3) is 0.333. The third-order valence-corrected chi connectivity index (χ3v) is 3.79. The van der Waals surface area contributed by atoms with Gasteiger partial charge in [-0.15, -0.1) is 0 Å². The number of nitrogens with zero attached hydrogens (tertiary/aromatic N) is 4. The minimum atomic E-state index is 0.158. The molecule has 0 saturated carbocycles.